The third-order valence-corrected chi connectivity index (χ3v) is 6.19. The monoisotopic (exact) mass is 349 g/mol. The first-order chi connectivity index (χ1) is 11.5. The molecule has 0 radical (unpaired) electrons. The van der Waals surface area contributed by atoms with Gasteiger partial charge in [0.05, 0.1) is 23.4 Å². The number of hydrogen-bond acceptors (Lipinski definition) is 5. The Kier molecular flexibility index (Phi) is 5.09. The molecule has 130 valence electrons. The predicted octanol–water partition coefficient (Wildman–Crippen LogP) is 1.60. The Hall–Kier alpha value is -1.62. The second-order valence-electron chi connectivity index (χ2n) is 6.60. The first kappa shape index (κ1) is 17.2. The number of nitrogens with zero attached hydrogens (tertiary/aromatic N) is 2. The van der Waals surface area contributed by atoms with Crippen LogP contribution in [-0.2, 0) is 10.0 Å². The van der Waals surface area contributed by atoms with E-state index in [1.165, 1.54) is 12.1 Å². The summed E-state index contributed by atoms with van der Waals surface area (Å²) in [6.07, 6.45) is 4.46. The van der Waals surface area contributed by atoms with Gasteiger partial charge in [-0.1, -0.05) is 0 Å². The van der Waals surface area contributed by atoms with Gasteiger partial charge < -0.3 is 10.0 Å². The molecule has 2 N–H and O–H groups in total. The highest BCUT2D eigenvalue weighted by Gasteiger charge is 2.31. The van der Waals surface area contributed by atoms with Crippen molar-refractivity contribution in [2.45, 2.75) is 43.1 Å². The highest BCUT2D eigenvalue weighted by atomic mass is 32.2. The molecule has 0 bridgehead atoms. The molecule has 1 unspecified atom stereocenters. The number of nitrogens with one attached hydrogen (secondary N) is 1. The molecule has 1 saturated heterocycles. The van der Waals surface area contributed by atoms with Gasteiger partial charge >= 0.3 is 0 Å². The molecule has 7 heteroatoms. The van der Waals surface area contributed by atoms with Crippen molar-refractivity contribution in [1.29, 1.82) is 5.26 Å². The lowest BCUT2D eigenvalue weighted by molar-refractivity contribution is 0.155. The van der Waals surface area contributed by atoms with Crippen LogP contribution >= 0.6 is 0 Å². The standard InChI is InChI=1S/C17H23N3O3S/c18-11-13-4-7-17(15(10-13)20-8-2-1-3-9-20)24(22,23)19-12-16(21)14-5-6-14/h4,7,10,14,16,19,21H,1-3,5-6,8-9,12H2. The van der Waals surface area contributed by atoms with Crippen molar-refractivity contribution in [3.8, 4) is 6.07 Å². The van der Waals surface area contributed by atoms with Gasteiger partial charge in [-0.15, -0.1) is 0 Å². The minimum Gasteiger partial charge on any atom is -0.391 e. The quantitative estimate of drug-likeness (QED) is 0.814. The van der Waals surface area contributed by atoms with Gasteiger partial charge in [-0.3, -0.25) is 0 Å². The summed E-state index contributed by atoms with van der Waals surface area (Å²) in [5, 5.41) is 19.1. The second-order valence-corrected chi connectivity index (χ2v) is 8.33. The van der Waals surface area contributed by atoms with E-state index in [9.17, 15) is 13.5 Å². The molecule has 1 aromatic rings. The highest BCUT2D eigenvalue weighted by Crippen LogP contribution is 2.33. The van der Waals surface area contributed by atoms with Gasteiger partial charge in [0.1, 0.15) is 4.90 Å². The minimum atomic E-state index is -3.73. The van der Waals surface area contributed by atoms with Crippen LogP contribution in [-0.4, -0.2) is 39.3 Å². The molecular weight excluding hydrogens is 326 g/mol. The van der Waals surface area contributed by atoms with E-state index in [-0.39, 0.29) is 17.4 Å². The number of piperidine rings is 1. The van der Waals surface area contributed by atoms with Crippen molar-refractivity contribution < 1.29 is 13.5 Å². The van der Waals surface area contributed by atoms with Gasteiger partial charge in [-0.25, -0.2) is 13.1 Å². The van der Waals surface area contributed by atoms with Gasteiger partial charge in [0, 0.05) is 19.6 Å². The summed E-state index contributed by atoms with van der Waals surface area (Å²) in [6, 6.07) is 6.75. The lowest BCUT2D eigenvalue weighted by atomic mass is 10.1. The maximum Gasteiger partial charge on any atom is 0.242 e. The first-order valence-electron chi connectivity index (χ1n) is 8.48. The molecule has 1 aromatic carbocycles. The Morgan fingerprint density at radius 1 is 1.29 bits per heavy atom. The van der Waals surface area contributed by atoms with E-state index >= 15 is 0 Å². The molecule has 2 fully saturated rings. The lowest BCUT2D eigenvalue weighted by Crippen LogP contribution is -2.35. The largest absolute Gasteiger partial charge is 0.391 e. The molecule has 1 aliphatic heterocycles. The molecular formula is C17H23N3O3S. The van der Waals surface area contributed by atoms with E-state index in [4.69, 9.17) is 5.26 Å². The molecule has 1 saturated carbocycles. The van der Waals surface area contributed by atoms with E-state index in [1.807, 2.05) is 4.90 Å². The Labute approximate surface area is 143 Å². The number of aliphatic hydroxyl groups is 1. The van der Waals surface area contributed by atoms with E-state index in [2.05, 4.69) is 10.8 Å². The molecule has 24 heavy (non-hydrogen) atoms. The first-order valence-corrected chi connectivity index (χ1v) is 9.96. The molecule has 0 spiro atoms. The Morgan fingerprint density at radius 2 is 2.00 bits per heavy atom. The SMILES string of the molecule is N#Cc1ccc(S(=O)(=O)NCC(O)C2CC2)c(N2CCCCC2)c1. The molecule has 0 amide bonds. The van der Waals surface area contributed by atoms with Crippen LogP contribution in [0.1, 0.15) is 37.7 Å². The van der Waals surface area contributed by atoms with Gasteiger partial charge in [-0.05, 0) is 56.2 Å². The van der Waals surface area contributed by atoms with E-state index in [0.717, 1.165) is 45.2 Å². The van der Waals surface area contributed by atoms with Crippen molar-refractivity contribution in [1.82, 2.24) is 4.72 Å². The smallest absolute Gasteiger partial charge is 0.242 e. The summed E-state index contributed by atoms with van der Waals surface area (Å²) < 4.78 is 27.9. The number of hydrogen-bond donors (Lipinski definition) is 2. The van der Waals surface area contributed by atoms with Crippen molar-refractivity contribution in [3.63, 3.8) is 0 Å². The van der Waals surface area contributed by atoms with E-state index in [1.54, 1.807) is 6.07 Å². The predicted molar refractivity (Wildman–Crippen MR) is 91.1 cm³/mol. The number of nitriles is 1. The highest BCUT2D eigenvalue weighted by molar-refractivity contribution is 7.89. The van der Waals surface area contributed by atoms with Crippen molar-refractivity contribution >= 4 is 15.7 Å². The molecule has 0 aromatic heterocycles. The van der Waals surface area contributed by atoms with Gasteiger partial charge in [0.2, 0.25) is 10.0 Å². The lowest BCUT2D eigenvalue weighted by Gasteiger charge is -2.30. The number of rotatable bonds is 6. The molecule has 1 aliphatic carbocycles. The van der Waals surface area contributed by atoms with Crippen molar-refractivity contribution in [2.75, 3.05) is 24.5 Å². The third-order valence-electron chi connectivity index (χ3n) is 4.72. The van der Waals surface area contributed by atoms with Gasteiger partial charge in [0.25, 0.3) is 0 Å². The third kappa shape index (κ3) is 3.89. The summed E-state index contributed by atoms with van der Waals surface area (Å²) in [4.78, 5) is 2.22. The minimum absolute atomic E-state index is 0.0342. The fraction of sp³-hybridized carbons (Fsp3) is 0.588. The van der Waals surface area contributed by atoms with Crippen LogP contribution in [0.4, 0.5) is 5.69 Å². The van der Waals surface area contributed by atoms with Crippen molar-refractivity contribution in [3.05, 3.63) is 23.8 Å². The van der Waals surface area contributed by atoms with Crippen molar-refractivity contribution in [2.24, 2.45) is 5.92 Å². The topological polar surface area (TPSA) is 93.4 Å². The number of anilines is 1. The number of aliphatic hydroxyl groups excluding tert-OH is 1. The Balaban J connectivity index is 1.85. The molecule has 6 nitrogen and oxygen atoms in total. The second kappa shape index (κ2) is 7.09. The van der Waals surface area contributed by atoms with Crippen LogP contribution in [0.3, 0.4) is 0 Å². The number of benzene rings is 1. The van der Waals surface area contributed by atoms with Crippen LogP contribution in [0.25, 0.3) is 0 Å². The average molecular weight is 349 g/mol. The zero-order chi connectivity index (χ0) is 17.2. The van der Waals surface area contributed by atoms with E-state index in [0.29, 0.717) is 11.3 Å². The summed E-state index contributed by atoms with van der Waals surface area (Å²) in [5.74, 6) is 0.218. The normalized spacial score (nSPS) is 19.8. The summed E-state index contributed by atoms with van der Waals surface area (Å²) >= 11 is 0. The maximum atomic E-state index is 12.7. The Morgan fingerprint density at radius 3 is 2.62 bits per heavy atom. The summed E-state index contributed by atoms with van der Waals surface area (Å²) in [7, 11) is -3.73. The van der Waals surface area contributed by atoms with Gasteiger partial charge in [0.15, 0.2) is 0 Å². The fourth-order valence-electron chi connectivity index (χ4n) is 3.12. The molecule has 1 atom stereocenters. The Bertz CT molecular complexity index is 732. The van der Waals surface area contributed by atoms with Crippen LogP contribution in [0.15, 0.2) is 23.1 Å². The van der Waals surface area contributed by atoms with E-state index < -0.39 is 16.1 Å². The maximum absolute atomic E-state index is 12.7. The number of sulfonamides is 1. The summed E-state index contributed by atoms with van der Waals surface area (Å²) in [6.45, 7) is 1.62. The zero-order valence-electron chi connectivity index (χ0n) is 13.6. The average Bonchev–Trinajstić information content (AvgIpc) is 3.45. The zero-order valence-corrected chi connectivity index (χ0v) is 14.4. The summed E-state index contributed by atoms with van der Waals surface area (Å²) in [5.41, 5.74) is 1.04. The van der Waals surface area contributed by atoms with Crippen LogP contribution < -0.4 is 9.62 Å². The molecule has 1 heterocycles. The fourth-order valence-corrected chi connectivity index (χ4v) is 4.37. The van der Waals surface area contributed by atoms with Crippen LogP contribution in [0.5, 0.6) is 0 Å². The van der Waals surface area contributed by atoms with Crippen LogP contribution in [0.2, 0.25) is 0 Å². The van der Waals surface area contributed by atoms with Crippen LogP contribution in [0, 0.1) is 17.2 Å². The molecule has 3 rings (SSSR count). The van der Waals surface area contributed by atoms with Gasteiger partial charge in [-0.2, -0.15) is 5.26 Å². The molecule has 2 aliphatic rings.